The maximum atomic E-state index is 5.52. The van der Waals surface area contributed by atoms with Crippen LogP contribution in [-0.2, 0) is 6.42 Å². The van der Waals surface area contributed by atoms with E-state index in [4.69, 9.17) is 15.2 Å². The molecule has 3 nitrogen and oxygen atoms in total. The number of hydrogen-bond donors (Lipinski definition) is 1. The van der Waals surface area contributed by atoms with Crippen LogP contribution in [0.15, 0.2) is 16.6 Å². The van der Waals surface area contributed by atoms with Crippen LogP contribution in [0.1, 0.15) is 5.56 Å². The fourth-order valence-corrected chi connectivity index (χ4v) is 1.76. The van der Waals surface area contributed by atoms with Gasteiger partial charge in [0.15, 0.2) is 0 Å². The predicted molar refractivity (Wildman–Crippen MR) is 67.3 cm³/mol. The Labute approximate surface area is 104 Å². The van der Waals surface area contributed by atoms with E-state index in [0.29, 0.717) is 6.54 Å². The van der Waals surface area contributed by atoms with E-state index in [-0.39, 0.29) is 12.4 Å². The second-order valence-electron chi connectivity index (χ2n) is 2.83. The SMILES string of the molecule is COc1cc(Br)cc(OC)c1CCN.Cl. The summed E-state index contributed by atoms with van der Waals surface area (Å²) in [5, 5.41) is 0. The monoisotopic (exact) mass is 295 g/mol. The highest BCUT2D eigenvalue weighted by Gasteiger charge is 2.10. The topological polar surface area (TPSA) is 44.5 Å². The molecule has 1 rings (SSSR count). The van der Waals surface area contributed by atoms with Gasteiger partial charge in [-0.15, -0.1) is 12.4 Å². The summed E-state index contributed by atoms with van der Waals surface area (Å²) >= 11 is 3.39. The van der Waals surface area contributed by atoms with E-state index < -0.39 is 0 Å². The molecule has 1 aromatic rings. The van der Waals surface area contributed by atoms with Crippen LogP contribution >= 0.6 is 28.3 Å². The standard InChI is InChI=1S/C10H14BrNO2.ClH/c1-13-9-5-7(11)6-10(14-2)8(9)3-4-12;/h5-6H,3-4,12H2,1-2H3;1H. The third-order valence-corrected chi connectivity index (χ3v) is 2.42. The van der Waals surface area contributed by atoms with Crippen molar-refractivity contribution in [3.8, 4) is 11.5 Å². The van der Waals surface area contributed by atoms with Gasteiger partial charge in [0.05, 0.1) is 14.2 Å². The Hall–Kier alpha value is -0.450. The van der Waals surface area contributed by atoms with Crippen molar-refractivity contribution in [3.63, 3.8) is 0 Å². The Bertz CT molecular complexity index is 295. The first-order valence-corrected chi connectivity index (χ1v) is 5.12. The summed E-state index contributed by atoms with van der Waals surface area (Å²) in [5.74, 6) is 1.61. The fourth-order valence-electron chi connectivity index (χ4n) is 1.34. The van der Waals surface area contributed by atoms with Gasteiger partial charge in [0.25, 0.3) is 0 Å². The second kappa shape index (κ2) is 6.93. The van der Waals surface area contributed by atoms with Crippen LogP contribution < -0.4 is 15.2 Å². The summed E-state index contributed by atoms with van der Waals surface area (Å²) in [7, 11) is 3.28. The lowest BCUT2D eigenvalue weighted by Gasteiger charge is -2.12. The van der Waals surface area contributed by atoms with Crippen molar-refractivity contribution in [2.24, 2.45) is 5.73 Å². The number of hydrogen-bond acceptors (Lipinski definition) is 3. The van der Waals surface area contributed by atoms with Crippen molar-refractivity contribution < 1.29 is 9.47 Å². The molecule has 0 aliphatic heterocycles. The first-order valence-electron chi connectivity index (χ1n) is 4.33. The molecule has 0 radical (unpaired) electrons. The summed E-state index contributed by atoms with van der Waals surface area (Å²) in [6.07, 6.45) is 0.750. The summed E-state index contributed by atoms with van der Waals surface area (Å²) in [4.78, 5) is 0. The summed E-state index contributed by atoms with van der Waals surface area (Å²) in [6, 6.07) is 3.82. The fraction of sp³-hybridized carbons (Fsp3) is 0.400. The second-order valence-corrected chi connectivity index (χ2v) is 3.74. The van der Waals surface area contributed by atoms with E-state index >= 15 is 0 Å². The quantitative estimate of drug-likeness (QED) is 0.928. The molecule has 0 aromatic heterocycles. The molecule has 1 aromatic carbocycles. The Morgan fingerprint density at radius 1 is 1.20 bits per heavy atom. The van der Waals surface area contributed by atoms with Gasteiger partial charge in [0.2, 0.25) is 0 Å². The molecule has 15 heavy (non-hydrogen) atoms. The molecule has 0 fully saturated rings. The molecule has 0 saturated carbocycles. The normalized spacial score (nSPS) is 9.33. The summed E-state index contributed by atoms with van der Waals surface area (Å²) in [6.45, 7) is 0.578. The van der Waals surface area contributed by atoms with Crippen LogP contribution in [0.3, 0.4) is 0 Å². The zero-order valence-electron chi connectivity index (χ0n) is 8.75. The van der Waals surface area contributed by atoms with Crippen molar-refractivity contribution in [2.75, 3.05) is 20.8 Å². The minimum atomic E-state index is 0. The average Bonchev–Trinajstić information content (AvgIpc) is 2.20. The van der Waals surface area contributed by atoms with Crippen molar-refractivity contribution in [2.45, 2.75) is 6.42 Å². The molecular formula is C10H15BrClNO2. The van der Waals surface area contributed by atoms with Crippen LogP contribution in [0.25, 0.3) is 0 Å². The van der Waals surface area contributed by atoms with Gasteiger partial charge < -0.3 is 15.2 Å². The van der Waals surface area contributed by atoms with E-state index in [2.05, 4.69) is 15.9 Å². The third kappa shape index (κ3) is 3.55. The number of ether oxygens (including phenoxy) is 2. The first-order chi connectivity index (χ1) is 6.72. The number of nitrogens with two attached hydrogens (primary N) is 1. The lowest BCUT2D eigenvalue weighted by Crippen LogP contribution is -2.06. The number of methoxy groups -OCH3 is 2. The van der Waals surface area contributed by atoms with Crippen molar-refractivity contribution in [3.05, 3.63) is 22.2 Å². The van der Waals surface area contributed by atoms with Crippen molar-refractivity contribution >= 4 is 28.3 Å². The van der Waals surface area contributed by atoms with Crippen molar-refractivity contribution in [1.82, 2.24) is 0 Å². The van der Waals surface area contributed by atoms with Crippen LogP contribution in [0.5, 0.6) is 11.5 Å². The number of rotatable bonds is 4. The maximum absolute atomic E-state index is 5.52. The molecular weight excluding hydrogens is 281 g/mol. The van der Waals surface area contributed by atoms with E-state index in [1.165, 1.54) is 0 Å². The lowest BCUT2D eigenvalue weighted by atomic mass is 10.1. The molecule has 0 bridgehead atoms. The molecule has 0 spiro atoms. The average molecular weight is 297 g/mol. The molecule has 2 N–H and O–H groups in total. The number of benzene rings is 1. The van der Waals surface area contributed by atoms with E-state index in [1.807, 2.05) is 12.1 Å². The van der Waals surface area contributed by atoms with Gasteiger partial charge in [0, 0.05) is 10.0 Å². The minimum absolute atomic E-state index is 0. The van der Waals surface area contributed by atoms with Gasteiger partial charge in [-0.05, 0) is 25.1 Å². The Morgan fingerprint density at radius 2 is 1.67 bits per heavy atom. The Balaban J connectivity index is 0.00000196. The lowest BCUT2D eigenvalue weighted by molar-refractivity contribution is 0.385. The van der Waals surface area contributed by atoms with Gasteiger partial charge in [0.1, 0.15) is 11.5 Å². The van der Waals surface area contributed by atoms with Crippen LogP contribution in [0, 0.1) is 0 Å². The predicted octanol–water partition coefficient (Wildman–Crippen LogP) is 2.39. The largest absolute Gasteiger partial charge is 0.496 e. The molecule has 5 heteroatoms. The highest BCUT2D eigenvalue weighted by molar-refractivity contribution is 9.10. The smallest absolute Gasteiger partial charge is 0.126 e. The molecule has 0 heterocycles. The van der Waals surface area contributed by atoms with Crippen LogP contribution in [0.2, 0.25) is 0 Å². The van der Waals surface area contributed by atoms with Gasteiger partial charge in [-0.1, -0.05) is 15.9 Å². The van der Waals surface area contributed by atoms with Crippen LogP contribution in [0.4, 0.5) is 0 Å². The molecule has 0 aliphatic carbocycles. The van der Waals surface area contributed by atoms with Gasteiger partial charge >= 0.3 is 0 Å². The zero-order chi connectivity index (χ0) is 10.6. The molecule has 86 valence electrons. The highest BCUT2D eigenvalue weighted by atomic mass is 79.9. The molecule has 0 atom stereocenters. The van der Waals surface area contributed by atoms with Gasteiger partial charge in [-0.3, -0.25) is 0 Å². The molecule has 0 amide bonds. The third-order valence-electron chi connectivity index (χ3n) is 1.97. The zero-order valence-corrected chi connectivity index (χ0v) is 11.2. The molecule has 0 aliphatic rings. The molecule has 0 unspecified atom stereocenters. The van der Waals surface area contributed by atoms with Gasteiger partial charge in [-0.25, -0.2) is 0 Å². The maximum Gasteiger partial charge on any atom is 0.126 e. The Morgan fingerprint density at radius 3 is 2.00 bits per heavy atom. The van der Waals surface area contributed by atoms with Crippen LogP contribution in [-0.4, -0.2) is 20.8 Å². The Kier molecular flexibility index (Phi) is 6.72. The molecule has 0 saturated heterocycles. The minimum Gasteiger partial charge on any atom is -0.496 e. The summed E-state index contributed by atoms with van der Waals surface area (Å²) in [5.41, 5.74) is 6.54. The summed E-state index contributed by atoms with van der Waals surface area (Å²) < 4.78 is 11.4. The van der Waals surface area contributed by atoms with E-state index in [0.717, 1.165) is 28.0 Å². The van der Waals surface area contributed by atoms with Crippen molar-refractivity contribution in [1.29, 1.82) is 0 Å². The van der Waals surface area contributed by atoms with Gasteiger partial charge in [-0.2, -0.15) is 0 Å². The van der Waals surface area contributed by atoms with E-state index in [1.54, 1.807) is 14.2 Å². The highest BCUT2D eigenvalue weighted by Crippen LogP contribution is 2.32. The first kappa shape index (κ1) is 14.6. The number of halogens is 2. The van der Waals surface area contributed by atoms with E-state index in [9.17, 15) is 0 Å².